The molecule has 0 aromatic rings. The average molecular weight is 222 g/mol. The molecule has 0 aliphatic carbocycles. The Morgan fingerprint density at radius 3 is 2.62 bits per heavy atom. The monoisotopic (exact) mass is 222 g/mol. The van der Waals surface area contributed by atoms with Crippen LogP contribution < -0.4 is 11.1 Å². The van der Waals surface area contributed by atoms with E-state index in [2.05, 4.69) is 25.4 Å². The lowest BCUT2D eigenvalue weighted by Crippen LogP contribution is -2.31. The summed E-state index contributed by atoms with van der Waals surface area (Å²) in [5.74, 6) is 2.02. The Morgan fingerprint density at radius 2 is 2.15 bits per heavy atom. The first kappa shape index (κ1) is 13.0. The molecule has 2 amide bonds. The largest absolute Gasteiger partial charge is 0.352 e. The third kappa shape index (κ3) is 8.30. The normalized spacial score (nSPS) is 11.3. The van der Waals surface area contributed by atoms with Crippen LogP contribution in [-0.2, 0) is 0 Å². The molecule has 13 heavy (non-hydrogen) atoms. The van der Waals surface area contributed by atoms with Crippen LogP contribution >= 0.6 is 23.5 Å². The van der Waals surface area contributed by atoms with E-state index >= 15 is 0 Å². The van der Waals surface area contributed by atoms with Crippen LogP contribution in [0.25, 0.3) is 0 Å². The maximum Gasteiger partial charge on any atom is 0.312 e. The van der Waals surface area contributed by atoms with Gasteiger partial charge in [0.25, 0.3) is 0 Å². The summed E-state index contributed by atoms with van der Waals surface area (Å²) in [6.07, 6.45) is 2.11. The molecule has 0 aliphatic rings. The molecule has 0 heterocycles. The second-order valence-electron chi connectivity index (χ2n) is 3.31. The summed E-state index contributed by atoms with van der Waals surface area (Å²) in [4.78, 5) is 10.3. The van der Waals surface area contributed by atoms with Crippen LogP contribution in [0, 0.1) is 0 Å². The number of nitrogens with two attached hydrogens (primary N) is 1. The third-order valence-electron chi connectivity index (χ3n) is 1.55. The molecule has 0 aliphatic heterocycles. The Labute approximate surface area is 88.6 Å². The molecule has 5 heteroatoms. The fourth-order valence-electron chi connectivity index (χ4n) is 0.623. The summed E-state index contributed by atoms with van der Waals surface area (Å²) < 4.78 is 0.317. The summed E-state index contributed by atoms with van der Waals surface area (Å²) in [5, 5.41) is 2.56. The number of amides is 2. The molecule has 78 valence electrons. The first-order valence-electron chi connectivity index (χ1n) is 4.14. The first-order valence-corrected chi connectivity index (χ1v) is 6.52. The van der Waals surface area contributed by atoms with E-state index in [0.717, 1.165) is 11.5 Å². The lowest BCUT2D eigenvalue weighted by atomic mass is 10.2. The number of nitrogens with one attached hydrogen (secondary N) is 1. The van der Waals surface area contributed by atoms with E-state index in [4.69, 9.17) is 5.73 Å². The minimum atomic E-state index is -0.440. The zero-order valence-corrected chi connectivity index (χ0v) is 10.1. The standard InChI is InChI=1S/C8H18N2OS2/c1-8(2,12-3)6-13-5-4-10-7(9)11/h4-6H2,1-3H3,(H3,9,10,11). The van der Waals surface area contributed by atoms with Crippen LogP contribution in [0.5, 0.6) is 0 Å². The average Bonchev–Trinajstić information content (AvgIpc) is 2.03. The van der Waals surface area contributed by atoms with E-state index in [0.29, 0.717) is 11.3 Å². The highest BCUT2D eigenvalue weighted by molar-refractivity contribution is 8.03. The van der Waals surface area contributed by atoms with Crippen LogP contribution in [-0.4, -0.2) is 35.1 Å². The van der Waals surface area contributed by atoms with Crippen molar-refractivity contribution in [2.75, 3.05) is 24.3 Å². The van der Waals surface area contributed by atoms with Gasteiger partial charge in [-0.1, -0.05) is 0 Å². The maximum atomic E-state index is 10.3. The summed E-state index contributed by atoms with van der Waals surface area (Å²) in [5.41, 5.74) is 4.92. The van der Waals surface area contributed by atoms with Crippen molar-refractivity contribution >= 4 is 29.6 Å². The second kappa shape index (κ2) is 6.43. The number of thioether (sulfide) groups is 2. The fourth-order valence-corrected chi connectivity index (χ4v) is 2.23. The van der Waals surface area contributed by atoms with Gasteiger partial charge in [-0.15, -0.1) is 0 Å². The Morgan fingerprint density at radius 1 is 1.54 bits per heavy atom. The van der Waals surface area contributed by atoms with Gasteiger partial charge in [0.15, 0.2) is 0 Å². The number of hydrogen-bond donors (Lipinski definition) is 2. The summed E-state index contributed by atoms with van der Waals surface area (Å²) >= 11 is 3.69. The van der Waals surface area contributed by atoms with Gasteiger partial charge >= 0.3 is 6.03 Å². The molecule has 0 aromatic heterocycles. The molecule has 0 saturated heterocycles. The van der Waals surface area contributed by atoms with Crippen molar-refractivity contribution < 1.29 is 4.79 Å². The van der Waals surface area contributed by atoms with Crippen LogP contribution in [0.15, 0.2) is 0 Å². The number of carbonyl (C=O) groups excluding carboxylic acids is 1. The first-order chi connectivity index (χ1) is 5.98. The maximum absolute atomic E-state index is 10.3. The van der Waals surface area contributed by atoms with Gasteiger partial charge in [-0.25, -0.2) is 4.79 Å². The van der Waals surface area contributed by atoms with Gasteiger partial charge in [0, 0.05) is 22.8 Å². The smallest absolute Gasteiger partial charge is 0.312 e. The Kier molecular flexibility index (Phi) is 6.41. The van der Waals surface area contributed by atoms with Crippen molar-refractivity contribution in [2.24, 2.45) is 5.73 Å². The zero-order valence-electron chi connectivity index (χ0n) is 8.42. The highest BCUT2D eigenvalue weighted by atomic mass is 32.2. The molecule has 3 nitrogen and oxygen atoms in total. The molecule has 0 aromatic carbocycles. The minimum absolute atomic E-state index is 0.317. The van der Waals surface area contributed by atoms with Crippen molar-refractivity contribution in [1.82, 2.24) is 5.32 Å². The number of carbonyl (C=O) groups is 1. The molecular weight excluding hydrogens is 204 g/mol. The number of hydrogen-bond acceptors (Lipinski definition) is 3. The molecule has 0 fully saturated rings. The van der Waals surface area contributed by atoms with E-state index in [9.17, 15) is 4.79 Å². The van der Waals surface area contributed by atoms with Gasteiger partial charge in [0.05, 0.1) is 0 Å². The number of primary amides is 1. The SMILES string of the molecule is CSC(C)(C)CSCCNC(N)=O. The van der Waals surface area contributed by atoms with Gasteiger partial charge < -0.3 is 11.1 Å². The van der Waals surface area contributed by atoms with Gasteiger partial charge in [-0.05, 0) is 20.1 Å². The molecule has 0 rings (SSSR count). The predicted octanol–water partition coefficient (Wildman–Crippen LogP) is 1.53. The third-order valence-corrected chi connectivity index (χ3v) is 4.40. The fraction of sp³-hybridized carbons (Fsp3) is 0.875. The molecule has 0 radical (unpaired) electrons. The molecule has 0 bridgehead atoms. The van der Waals surface area contributed by atoms with Crippen molar-refractivity contribution in [3.8, 4) is 0 Å². The summed E-state index contributed by atoms with van der Waals surface area (Å²) in [7, 11) is 0. The second-order valence-corrected chi connectivity index (χ2v) is 5.93. The van der Waals surface area contributed by atoms with Gasteiger partial charge in [-0.2, -0.15) is 23.5 Å². The van der Waals surface area contributed by atoms with E-state index in [1.165, 1.54) is 0 Å². The lowest BCUT2D eigenvalue weighted by molar-refractivity contribution is 0.249. The topological polar surface area (TPSA) is 55.1 Å². The van der Waals surface area contributed by atoms with E-state index in [1.807, 2.05) is 23.5 Å². The van der Waals surface area contributed by atoms with Gasteiger partial charge in [0.1, 0.15) is 0 Å². The van der Waals surface area contributed by atoms with Crippen molar-refractivity contribution in [3.63, 3.8) is 0 Å². The Bertz CT molecular complexity index is 162. The molecule has 0 spiro atoms. The lowest BCUT2D eigenvalue weighted by Gasteiger charge is -2.20. The molecule has 0 unspecified atom stereocenters. The number of rotatable bonds is 6. The van der Waals surface area contributed by atoms with Crippen LogP contribution in [0.3, 0.4) is 0 Å². The van der Waals surface area contributed by atoms with Crippen LogP contribution in [0.1, 0.15) is 13.8 Å². The Hall–Kier alpha value is -0.0300. The molecular formula is C8H18N2OS2. The Balaban J connectivity index is 3.30. The van der Waals surface area contributed by atoms with E-state index < -0.39 is 6.03 Å². The zero-order chi connectivity index (χ0) is 10.3. The van der Waals surface area contributed by atoms with Gasteiger partial charge in [0.2, 0.25) is 0 Å². The number of urea groups is 1. The van der Waals surface area contributed by atoms with Crippen LogP contribution in [0.4, 0.5) is 4.79 Å². The van der Waals surface area contributed by atoms with Crippen molar-refractivity contribution in [2.45, 2.75) is 18.6 Å². The molecule has 3 N–H and O–H groups in total. The van der Waals surface area contributed by atoms with E-state index in [1.54, 1.807) is 0 Å². The van der Waals surface area contributed by atoms with Crippen molar-refractivity contribution in [3.05, 3.63) is 0 Å². The highest BCUT2D eigenvalue weighted by Gasteiger charge is 2.14. The molecule has 0 atom stereocenters. The highest BCUT2D eigenvalue weighted by Crippen LogP contribution is 2.25. The minimum Gasteiger partial charge on any atom is -0.352 e. The quantitative estimate of drug-likeness (QED) is 0.670. The summed E-state index contributed by atoms with van der Waals surface area (Å²) in [6.45, 7) is 5.09. The van der Waals surface area contributed by atoms with E-state index in [-0.39, 0.29) is 0 Å². The van der Waals surface area contributed by atoms with Gasteiger partial charge in [-0.3, -0.25) is 0 Å². The summed E-state index contributed by atoms with van der Waals surface area (Å²) in [6, 6.07) is -0.440. The van der Waals surface area contributed by atoms with Crippen LogP contribution in [0.2, 0.25) is 0 Å². The predicted molar refractivity (Wildman–Crippen MR) is 62.5 cm³/mol. The van der Waals surface area contributed by atoms with Crippen molar-refractivity contribution in [1.29, 1.82) is 0 Å². The molecule has 0 saturated carbocycles.